The minimum Gasteiger partial charge on any atom is -0.308 e. The highest BCUT2D eigenvalue weighted by Gasteiger charge is 2.24. The van der Waals surface area contributed by atoms with Gasteiger partial charge in [0.15, 0.2) is 0 Å². The van der Waals surface area contributed by atoms with Crippen LogP contribution in [0.5, 0.6) is 0 Å². The first-order valence-corrected chi connectivity index (χ1v) is 7.54. The highest BCUT2D eigenvalue weighted by molar-refractivity contribution is 5.24. The Kier molecular flexibility index (Phi) is 5.36. The summed E-state index contributed by atoms with van der Waals surface area (Å²) >= 11 is 0. The smallest absolute Gasteiger partial charge is 0.0561 e. The Labute approximate surface area is 122 Å². The number of benzene rings is 1. The predicted octanol–water partition coefficient (Wildman–Crippen LogP) is 3.65. The number of hydrogen-bond acceptors (Lipinski definition) is 2. The summed E-state index contributed by atoms with van der Waals surface area (Å²) in [6, 6.07) is 13.2. The predicted molar refractivity (Wildman–Crippen MR) is 83.7 cm³/mol. The van der Waals surface area contributed by atoms with Crippen LogP contribution in [0, 0.1) is 0 Å². The third-order valence-corrected chi connectivity index (χ3v) is 3.86. The van der Waals surface area contributed by atoms with Gasteiger partial charge < -0.3 is 5.32 Å². The molecular weight excluding hydrogens is 246 g/mol. The van der Waals surface area contributed by atoms with Crippen molar-refractivity contribution in [2.45, 2.75) is 38.6 Å². The summed E-state index contributed by atoms with van der Waals surface area (Å²) in [4.78, 5) is 0. The number of aryl methyl sites for hydroxylation is 1. The van der Waals surface area contributed by atoms with Crippen LogP contribution in [0.2, 0.25) is 0 Å². The second-order valence-electron chi connectivity index (χ2n) is 5.24. The summed E-state index contributed by atoms with van der Waals surface area (Å²) in [6.45, 7) is 5.49. The molecule has 1 aromatic heterocycles. The monoisotopic (exact) mass is 271 g/mol. The molecule has 0 radical (unpaired) electrons. The van der Waals surface area contributed by atoms with Crippen LogP contribution in [0.25, 0.3) is 0 Å². The van der Waals surface area contributed by atoms with Crippen LogP contribution in [0.15, 0.2) is 42.6 Å². The molecule has 108 valence electrons. The first kappa shape index (κ1) is 14.8. The minimum absolute atomic E-state index is 0.315. The average Bonchev–Trinajstić information content (AvgIpc) is 2.90. The van der Waals surface area contributed by atoms with Crippen LogP contribution >= 0.6 is 0 Å². The second-order valence-corrected chi connectivity index (χ2v) is 5.24. The molecule has 0 aliphatic rings. The van der Waals surface area contributed by atoms with Gasteiger partial charge in [-0.15, -0.1) is 0 Å². The van der Waals surface area contributed by atoms with Crippen molar-refractivity contribution in [2.75, 3.05) is 6.54 Å². The summed E-state index contributed by atoms with van der Waals surface area (Å²) in [6.07, 6.45) is 4.13. The molecule has 1 N–H and O–H groups in total. The summed E-state index contributed by atoms with van der Waals surface area (Å²) in [5.41, 5.74) is 2.65. The van der Waals surface area contributed by atoms with Gasteiger partial charge in [0.2, 0.25) is 0 Å². The van der Waals surface area contributed by atoms with Crippen molar-refractivity contribution in [1.82, 2.24) is 15.1 Å². The zero-order valence-electron chi connectivity index (χ0n) is 12.7. The van der Waals surface area contributed by atoms with Gasteiger partial charge in [-0.1, -0.05) is 44.2 Å². The molecule has 3 nitrogen and oxygen atoms in total. The van der Waals surface area contributed by atoms with Gasteiger partial charge in [0.1, 0.15) is 0 Å². The molecule has 1 heterocycles. The molecule has 0 saturated heterocycles. The van der Waals surface area contributed by atoms with Crippen molar-refractivity contribution in [1.29, 1.82) is 0 Å². The van der Waals surface area contributed by atoms with Crippen molar-refractivity contribution in [3.63, 3.8) is 0 Å². The fourth-order valence-corrected chi connectivity index (χ4v) is 2.81. The summed E-state index contributed by atoms with van der Waals surface area (Å²) in [5, 5.41) is 8.03. The molecule has 2 aromatic rings. The molecule has 3 heteroatoms. The Morgan fingerprint density at radius 1 is 1.15 bits per heavy atom. The number of aromatic nitrogens is 2. The van der Waals surface area contributed by atoms with Crippen molar-refractivity contribution >= 4 is 0 Å². The van der Waals surface area contributed by atoms with Crippen molar-refractivity contribution < 1.29 is 0 Å². The summed E-state index contributed by atoms with van der Waals surface area (Å²) < 4.78 is 1.99. The highest BCUT2D eigenvalue weighted by Crippen LogP contribution is 2.33. The van der Waals surface area contributed by atoms with Crippen LogP contribution in [0.3, 0.4) is 0 Å². The van der Waals surface area contributed by atoms with E-state index < -0.39 is 0 Å². The van der Waals surface area contributed by atoms with Gasteiger partial charge in [-0.2, -0.15) is 5.10 Å². The molecule has 0 fully saturated rings. The lowest BCUT2D eigenvalue weighted by Gasteiger charge is -2.28. The maximum Gasteiger partial charge on any atom is 0.0561 e. The molecule has 0 spiro atoms. The Balaban J connectivity index is 2.31. The van der Waals surface area contributed by atoms with E-state index >= 15 is 0 Å². The van der Waals surface area contributed by atoms with E-state index in [1.807, 2.05) is 17.9 Å². The number of nitrogens with zero attached hydrogens (tertiary/aromatic N) is 2. The molecule has 2 rings (SSSR count). The fraction of sp³-hybridized carbons (Fsp3) is 0.471. The Morgan fingerprint density at radius 3 is 2.45 bits per heavy atom. The SMILES string of the molecule is CCCNC(c1ccnn1C)C(CC)c1ccccc1. The van der Waals surface area contributed by atoms with Gasteiger partial charge in [-0.25, -0.2) is 0 Å². The first-order chi connectivity index (χ1) is 9.77. The van der Waals surface area contributed by atoms with E-state index in [2.05, 4.69) is 60.7 Å². The van der Waals surface area contributed by atoms with Gasteiger partial charge in [0.25, 0.3) is 0 Å². The van der Waals surface area contributed by atoms with Crippen molar-refractivity contribution in [3.05, 3.63) is 53.9 Å². The zero-order chi connectivity index (χ0) is 14.4. The first-order valence-electron chi connectivity index (χ1n) is 7.54. The summed E-state index contributed by atoms with van der Waals surface area (Å²) in [5.74, 6) is 0.471. The normalized spacial score (nSPS) is 14.2. The van der Waals surface area contributed by atoms with Gasteiger partial charge in [0.05, 0.1) is 11.7 Å². The highest BCUT2D eigenvalue weighted by atomic mass is 15.3. The van der Waals surface area contributed by atoms with Crippen LogP contribution in [-0.2, 0) is 7.05 Å². The lowest BCUT2D eigenvalue weighted by atomic mass is 9.87. The Bertz CT molecular complexity index is 504. The molecule has 0 amide bonds. The molecule has 2 atom stereocenters. The molecule has 0 saturated carbocycles. The Hall–Kier alpha value is -1.61. The van der Waals surface area contributed by atoms with Crippen LogP contribution in [0.1, 0.15) is 49.9 Å². The molecule has 20 heavy (non-hydrogen) atoms. The zero-order valence-corrected chi connectivity index (χ0v) is 12.7. The van der Waals surface area contributed by atoms with E-state index in [9.17, 15) is 0 Å². The quantitative estimate of drug-likeness (QED) is 0.833. The van der Waals surface area contributed by atoms with E-state index in [0.29, 0.717) is 12.0 Å². The average molecular weight is 271 g/mol. The van der Waals surface area contributed by atoms with Crippen LogP contribution in [0.4, 0.5) is 0 Å². The molecule has 1 aromatic carbocycles. The lowest BCUT2D eigenvalue weighted by Crippen LogP contribution is -2.29. The standard InChI is InChI=1S/C17H25N3/c1-4-12-18-17(16-11-13-19-20(16)3)15(5-2)14-9-7-6-8-10-14/h6-11,13,15,17-18H,4-5,12H2,1-3H3. The van der Waals surface area contributed by atoms with E-state index in [1.54, 1.807) is 0 Å². The molecule has 2 unspecified atom stereocenters. The maximum absolute atomic E-state index is 4.33. The molecule has 0 aliphatic carbocycles. The van der Waals surface area contributed by atoms with Crippen molar-refractivity contribution in [3.8, 4) is 0 Å². The van der Waals surface area contributed by atoms with Crippen LogP contribution in [-0.4, -0.2) is 16.3 Å². The van der Waals surface area contributed by atoms with Gasteiger partial charge in [-0.05, 0) is 31.0 Å². The second kappa shape index (κ2) is 7.25. The maximum atomic E-state index is 4.33. The fourth-order valence-electron chi connectivity index (χ4n) is 2.81. The van der Waals surface area contributed by atoms with Crippen molar-refractivity contribution in [2.24, 2.45) is 7.05 Å². The third-order valence-electron chi connectivity index (χ3n) is 3.86. The van der Waals surface area contributed by atoms with E-state index in [1.165, 1.54) is 11.3 Å². The largest absolute Gasteiger partial charge is 0.308 e. The van der Waals surface area contributed by atoms with Gasteiger partial charge in [-0.3, -0.25) is 4.68 Å². The number of rotatable bonds is 7. The van der Waals surface area contributed by atoms with Gasteiger partial charge in [0, 0.05) is 19.2 Å². The van der Waals surface area contributed by atoms with E-state index in [0.717, 1.165) is 19.4 Å². The number of nitrogens with one attached hydrogen (secondary N) is 1. The van der Waals surface area contributed by atoms with E-state index in [4.69, 9.17) is 0 Å². The molecule has 0 aliphatic heterocycles. The topological polar surface area (TPSA) is 29.9 Å². The lowest BCUT2D eigenvalue weighted by molar-refractivity contribution is 0.412. The third kappa shape index (κ3) is 3.28. The Morgan fingerprint density at radius 2 is 1.90 bits per heavy atom. The van der Waals surface area contributed by atoms with Gasteiger partial charge >= 0.3 is 0 Å². The number of hydrogen-bond donors (Lipinski definition) is 1. The minimum atomic E-state index is 0.315. The van der Waals surface area contributed by atoms with E-state index in [-0.39, 0.29) is 0 Å². The molecule has 0 bridgehead atoms. The summed E-state index contributed by atoms with van der Waals surface area (Å²) in [7, 11) is 2.02. The van der Waals surface area contributed by atoms with Crippen LogP contribution < -0.4 is 5.32 Å². The molecular formula is C17H25N3.